The van der Waals surface area contributed by atoms with Crippen molar-refractivity contribution in [3.63, 3.8) is 0 Å². The van der Waals surface area contributed by atoms with Gasteiger partial charge in [-0.2, -0.15) is 0 Å². The molecular weight excluding hydrogens is 396 g/mol. The van der Waals surface area contributed by atoms with Crippen molar-refractivity contribution in [1.82, 2.24) is 9.80 Å². The van der Waals surface area contributed by atoms with E-state index in [0.717, 1.165) is 37.7 Å². The summed E-state index contributed by atoms with van der Waals surface area (Å²) in [7, 11) is 0. The standard InChI is InChI=1S/C28H26N2O2/c1-3-9-21(10-4-1)15-29-17-25-23-13-7-8-14-24(23)26-18-30(16-22-11-5-2-6-12-22)20-32-28(26)27(25)31-19-29/h1-14H,15-20H2. The van der Waals surface area contributed by atoms with Crippen LogP contribution in [-0.2, 0) is 26.2 Å². The molecule has 4 heteroatoms. The van der Waals surface area contributed by atoms with Crippen LogP contribution in [0.25, 0.3) is 10.8 Å². The maximum Gasteiger partial charge on any atom is 0.168 e. The SMILES string of the molecule is c1ccc(CN2COc3c4c(c5ccccc5c3C2)CN(Cc2ccccc2)CO4)cc1. The Morgan fingerprint density at radius 2 is 0.938 bits per heavy atom. The van der Waals surface area contributed by atoms with Crippen LogP contribution >= 0.6 is 0 Å². The van der Waals surface area contributed by atoms with Crippen LogP contribution in [0.5, 0.6) is 11.5 Å². The van der Waals surface area contributed by atoms with Crippen molar-refractivity contribution in [2.45, 2.75) is 26.2 Å². The van der Waals surface area contributed by atoms with E-state index in [2.05, 4.69) is 94.7 Å². The van der Waals surface area contributed by atoms with E-state index in [1.807, 2.05) is 0 Å². The molecule has 0 fully saturated rings. The first-order valence-corrected chi connectivity index (χ1v) is 11.2. The van der Waals surface area contributed by atoms with Crippen LogP contribution in [0.15, 0.2) is 84.9 Å². The van der Waals surface area contributed by atoms with Gasteiger partial charge in [-0.25, -0.2) is 0 Å². The van der Waals surface area contributed by atoms with Crippen molar-refractivity contribution in [2.24, 2.45) is 0 Å². The molecule has 6 rings (SSSR count). The Morgan fingerprint density at radius 3 is 1.38 bits per heavy atom. The summed E-state index contributed by atoms with van der Waals surface area (Å²) >= 11 is 0. The second-order valence-electron chi connectivity index (χ2n) is 8.65. The van der Waals surface area contributed by atoms with Crippen molar-refractivity contribution in [1.29, 1.82) is 0 Å². The average Bonchev–Trinajstić information content (AvgIpc) is 2.85. The van der Waals surface area contributed by atoms with E-state index in [4.69, 9.17) is 9.47 Å². The molecule has 160 valence electrons. The molecule has 0 spiro atoms. The minimum atomic E-state index is 0.573. The molecule has 0 atom stereocenters. The summed E-state index contributed by atoms with van der Waals surface area (Å²) in [6.07, 6.45) is 0. The molecule has 2 aliphatic rings. The summed E-state index contributed by atoms with van der Waals surface area (Å²) in [5.74, 6) is 1.87. The van der Waals surface area contributed by atoms with E-state index >= 15 is 0 Å². The van der Waals surface area contributed by atoms with Gasteiger partial charge in [0, 0.05) is 37.3 Å². The van der Waals surface area contributed by atoms with Crippen LogP contribution in [0.1, 0.15) is 22.3 Å². The Labute approximate surface area is 188 Å². The Bertz CT molecular complexity index is 1140. The van der Waals surface area contributed by atoms with E-state index < -0.39 is 0 Å². The second kappa shape index (κ2) is 8.30. The van der Waals surface area contributed by atoms with E-state index in [9.17, 15) is 0 Å². The molecule has 32 heavy (non-hydrogen) atoms. The normalized spacial score (nSPS) is 16.1. The monoisotopic (exact) mass is 422 g/mol. The van der Waals surface area contributed by atoms with Crippen LogP contribution in [0.3, 0.4) is 0 Å². The molecule has 2 heterocycles. The van der Waals surface area contributed by atoms with Gasteiger partial charge in [-0.3, -0.25) is 9.80 Å². The first-order chi connectivity index (χ1) is 15.8. The van der Waals surface area contributed by atoms with Crippen molar-refractivity contribution >= 4 is 10.8 Å². The number of rotatable bonds is 4. The molecule has 0 radical (unpaired) electrons. The van der Waals surface area contributed by atoms with Gasteiger partial charge in [0.2, 0.25) is 0 Å². The summed E-state index contributed by atoms with van der Waals surface area (Å²) in [5, 5.41) is 2.54. The first-order valence-electron chi connectivity index (χ1n) is 11.2. The third kappa shape index (κ3) is 3.62. The number of ether oxygens (including phenoxy) is 2. The summed E-state index contributed by atoms with van der Waals surface area (Å²) in [4.78, 5) is 4.70. The molecule has 0 saturated carbocycles. The Morgan fingerprint density at radius 1 is 0.531 bits per heavy atom. The molecule has 0 saturated heterocycles. The lowest BCUT2D eigenvalue weighted by molar-refractivity contribution is 0.0633. The topological polar surface area (TPSA) is 24.9 Å². The fraction of sp³-hybridized carbons (Fsp3) is 0.214. The quantitative estimate of drug-likeness (QED) is 0.431. The van der Waals surface area contributed by atoms with Gasteiger partial charge in [0.05, 0.1) is 0 Å². The van der Waals surface area contributed by atoms with Crippen LogP contribution in [0.2, 0.25) is 0 Å². The number of hydrogen-bond donors (Lipinski definition) is 0. The van der Waals surface area contributed by atoms with Gasteiger partial charge in [-0.15, -0.1) is 0 Å². The van der Waals surface area contributed by atoms with Crippen LogP contribution < -0.4 is 9.47 Å². The van der Waals surface area contributed by atoms with Gasteiger partial charge < -0.3 is 9.47 Å². The third-order valence-corrected chi connectivity index (χ3v) is 6.38. The van der Waals surface area contributed by atoms with Crippen molar-refractivity contribution in [3.05, 3.63) is 107 Å². The zero-order valence-corrected chi connectivity index (χ0v) is 18.0. The molecule has 4 aromatic rings. The molecular formula is C28H26N2O2. The maximum atomic E-state index is 6.35. The summed E-state index contributed by atoms with van der Waals surface area (Å²) in [6.45, 7) is 4.60. The molecule has 4 nitrogen and oxygen atoms in total. The number of nitrogens with zero attached hydrogens (tertiary/aromatic N) is 2. The van der Waals surface area contributed by atoms with Gasteiger partial charge in [0.15, 0.2) is 11.5 Å². The van der Waals surface area contributed by atoms with Crippen LogP contribution in [-0.4, -0.2) is 23.3 Å². The molecule has 0 bridgehead atoms. The molecule has 0 N–H and O–H groups in total. The largest absolute Gasteiger partial charge is 0.474 e. The zero-order chi connectivity index (χ0) is 21.3. The lowest BCUT2D eigenvalue weighted by Crippen LogP contribution is -2.35. The van der Waals surface area contributed by atoms with E-state index in [1.54, 1.807) is 0 Å². The Kier molecular flexibility index (Phi) is 5.02. The smallest absolute Gasteiger partial charge is 0.168 e. The fourth-order valence-electron chi connectivity index (χ4n) is 4.88. The summed E-state index contributed by atoms with van der Waals surface area (Å²) in [6, 6.07) is 29.9. The zero-order valence-electron chi connectivity index (χ0n) is 18.0. The van der Waals surface area contributed by atoms with Crippen molar-refractivity contribution in [2.75, 3.05) is 13.5 Å². The summed E-state index contributed by atoms with van der Waals surface area (Å²) in [5.41, 5.74) is 5.07. The van der Waals surface area contributed by atoms with Gasteiger partial charge in [0.1, 0.15) is 13.5 Å². The molecule has 0 aromatic heterocycles. The highest BCUT2D eigenvalue weighted by molar-refractivity contribution is 5.93. The van der Waals surface area contributed by atoms with E-state index in [0.29, 0.717) is 13.5 Å². The summed E-state index contributed by atoms with van der Waals surface area (Å²) < 4.78 is 12.7. The first kappa shape index (κ1) is 19.4. The van der Waals surface area contributed by atoms with E-state index in [-0.39, 0.29) is 0 Å². The predicted molar refractivity (Wildman–Crippen MR) is 126 cm³/mol. The van der Waals surface area contributed by atoms with Gasteiger partial charge in [-0.05, 0) is 21.9 Å². The average molecular weight is 423 g/mol. The second-order valence-corrected chi connectivity index (χ2v) is 8.65. The fourth-order valence-corrected chi connectivity index (χ4v) is 4.88. The molecule has 4 aromatic carbocycles. The predicted octanol–water partition coefficient (Wildman–Crippen LogP) is 5.54. The van der Waals surface area contributed by atoms with Crippen molar-refractivity contribution in [3.8, 4) is 11.5 Å². The lowest BCUT2D eigenvalue weighted by atomic mass is 9.95. The van der Waals surface area contributed by atoms with Gasteiger partial charge in [-0.1, -0.05) is 84.9 Å². The molecule has 2 aliphatic heterocycles. The molecule has 0 amide bonds. The number of fused-ring (bicyclic) bond motifs is 6. The van der Waals surface area contributed by atoms with Crippen LogP contribution in [0.4, 0.5) is 0 Å². The number of benzene rings is 4. The highest BCUT2D eigenvalue weighted by atomic mass is 16.5. The number of hydrogen-bond acceptors (Lipinski definition) is 4. The minimum Gasteiger partial charge on any atom is -0.474 e. The van der Waals surface area contributed by atoms with Crippen LogP contribution in [0, 0.1) is 0 Å². The van der Waals surface area contributed by atoms with Crippen molar-refractivity contribution < 1.29 is 9.47 Å². The Balaban J connectivity index is 1.34. The van der Waals surface area contributed by atoms with Gasteiger partial charge >= 0.3 is 0 Å². The minimum absolute atomic E-state index is 0.573. The molecule has 0 unspecified atom stereocenters. The molecule has 0 aliphatic carbocycles. The van der Waals surface area contributed by atoms with Gasteiger partial charge in [0.25, 0.3) is 0 Å². The Hall–Kier alpha value is -3.34. The highest BCUT2D eigenvalue weighted by Crippen LogP contribution is 2.46. The third-order valence-electron chi connectivity index (χ3n) is 6.38. The highest BCUT2D eigenvalue weighted by Gasteiger charge is 2.30. The van der Waals surface area contributed by atoms with E-state index in [1.165, 1.54) is 33.0 Å². The maximum absolute atomic E-state index is 6.35. The lowest BCUT2D eigenvalue weighted by Gasteiger charge is -2.36.